The Hall–Kier alpha value is -0.670. The van der Waals surface area contributed by atoms with Crippen LogP contribution in [0.4, 0.5) is 0 Å². The zero-order valence-electron chi connectivity index (χ0n) is 10.7. The highest BCUT2D eigenvalue weighted by atomic mass is 32.1. The Bertz CT molecular complexity index is 317. The van der Waals surface area contributed by atoms with Gasteiger partial charge in [-0.15, -0.1) is 17.9 Å². The van der Waals surface area contributed by atoms with Gasteiger partial charge in [0.15, 0.2) is 0 Å². The van der Waals surface area contributed by atoms with Crippen molar-refractivity contribution in [2.75, 3.05) is 0 Å². The molecule has 0 fully saturated rings. The number of nitrogens with zero attached hydrogens (tertiary/aromatic N) is 1. The molecule has 2 nitrogen and oxygen atoms in total. The first-order valence-electron chi connectivity index (χ1n) is 5.76. The van der Waals surface area contributed by atoms with E-state index in [9.17, 15) is 0 Å². The van der Waals surface area contributed by atoms with Crippen molar-refractivity contribution >= 4 is 11.3 Å². The van der Waals surface area contributed by atoms with Crippen molar-refractivity contribution in [3.63, 3.8) is 0 Å². The van der Waals surface area contributed by atoms with Crippen molar-refractivity contribution in [3.05, 3.63) is 29.2 Å². The molecule has 1 aromatic rings. The van der Waals surface area contributed by atoms with Crippen LogP contribution < -0.4 is 5.32 Å². The van der Waals surface area contributed by atoms with E-state index in [0.29, 0.717) is 12.0 Å². The van der Waals surface area contributed by atoms with Crippen LogP contribution in [0.15, 0.2) is 24.2 Å². The standard InChI is InChI=1S/C13H22N2S/c1-6-7-10(2)11(3)15-13(4,5)12-14-8-9-16-12/h6,8-11,15H,1,7H2,2-5H3. The number of rotatable bonds is 6. The molecule has 1 heterocycles. The second-order valence-corrected chi connectivity index (χ2v) is 5.79. The van der Waals surface area contributed by atoms with Crippen LogP contribution in [0.25, 0.3) is 0 Å². The zero-order chi connectivity index (χ0) is 12.2. The van der Waals surface area contributed by atoms with Gasteiger partial charge < -0.3 is 5.32 Å². The first-order valence-corrected chi connectivity index (χ1v) is 6.64. The topological polar surface area (TPSA) is 24.9 Å². The normalized spacial score (nSPS) is 15.8. The van der Waals surface area contributed by atoms with Crippen LogP contribution in [-0.2, 0) is 5.54 Å². The SMILES string of the molecule is C=CCC(C)C(C)NC(C)(C)c1nccs1. The van der Waals surface area contributed by atoms with Crippen molar-refractivity contribution in [2.24, 2.45) is 5.92 Å². The Morgan fingerprint density at radius 1 is 1.56 bits per heavy atom. The van der Waals surface area contributed by atoms with Crippen molar-refractivity contribution in [1.82, 2.24) is 10.3 Å². The number of hydrogen-bond donors (Lipinski definition) is 1. The molecular formula is C13H22N2S. The minimum absolute atomic E-state index is 0.0526. The second kappa shape index (κ2) is 5.60. The van der Waals surface area contributed by atoms with Gasteiger partial charge in [0.2, 0.25) is 0 Å². The maximum Gasteiger partial charge on any atom is 0.112 e. The van der Waals surface area contributed by atoms with E-state index in [1.54, 1.807) is 11.3 Å². The Morgan fingerprint density at radius 3 is 2.75 bits per heavy atom. The van der Waals surface area contributed by atoms with E-state index in [-0.39, 0.29) is 5.54 Å². The molecule has 2 atom stereocenters. The summed E-state index contributed by atoms with van der Waals surface area (Å²) in [7, 11) is 0. The van der Waals surface area contributed by atoms with Gasteiger partial charge in [0, 0.05) is 17.6 Å². The predicted octanol–water partition coefficient (Wildman–Crippen LogP) is 3.57. The molecule has 0 amide bonds. The summed E-state index contributed by atoms with van der Waals surface area (Å²) in [6, 6.07) is 0.455. The monoisotopic (exact) mass is 238 g/mol. The molecule has 1 rings (SSSR count). The third-order valence-corrected chi connectivity index (χ3v) is 4.04. The number of aromatic nitrogens is 1. The van der Waals surface area contributed by atoms with E-state index in [2.05, 4.69) is 44.6 Å². The number of nitrogens with one attached hydrogen (secondary N) is 1. The van der Waals surface area contributed by atoms with Crippen molar-refractivity contribution in [2.45, 2.75) is 45.7 Å². The molecule has 0 aliphatic heterocycles. The highest BCUT2D eigenvalue weighted by Crippen LogP contribution is 2.24. The van der Waals surface area contributed by atoms with Crippen molar-refractivity contribution < 1.29 is 0 Å². The molecule has 0 saturated carbocycles. The minimum Gasteiger partial charge on any atom is -0.303 e. The van der Waals surface area contributed by atoms with E-state index in [4.69, 9.17) is 0 Å². The van der Waals surface area contributed by atoms with Crippen LogP contribution in [0.5, 0.6) is 0 Å². The molecule has 1 N–H and O–H groups in total. The largest absolute Gasteiger partial charge is 0.303 e. The Balaban J connectivity index is 2.62. The van der Waals surface area contributed by atoms with E-state index >= 15 is 0 Å². The molecule has 0 aliphatic rings. The number of thiazole rings is 1. The molecule has 0 aliphatic carbocycles. The number of hydrogen-bond acceptors (Lipinski definition) is 3. The van der Waals surface area contributed by atoms with E-state index < -0.39 is 0 Å². The van der Waals surface area contributed by atoms with Gasteiger partial charge in [-0.25, -0.2) is 4.98 Å². The quantitative estimate of drug-likeness (QED) is 0.766. The summed E-state index contributed by atoms with van der Waals surface area (Å²) in [5.74, 6) is 0.594. The van der Waals surface area contributed by atoms with Crippen LogP contribution >= 0.6 is 11.3 Å². The van der Waals surface area contributed by atoms with Crippen LogP contribution in [-0.4, -0.2) is 11.0 Å². The van der Waals surface area contributed by atoms with E-state index in [1.807, 2.05) is 17.7 Å². The van der Waals surface area contributed by atoms with Gasteiger partial charge in [-0.3, -0.25) is 0 Å². The lowest BCUT2D eigenvalue weighted by atomic mass is 9.96. The van der Waals surface area contributed by atoms with Crippen molar-refractivity contribution in [3.8, 4) is 0 Å². The molecule has 0 bridgehead atoms. The van der Waals surface area contributed by atoms with Crippen LogP contribution in [0.2, 0.25) is 0 Å². The predicted molar refractivity (Wildman–Crippen MR) is 71.7 cm³/mol. The summed E-state index contributed by atoms with van der Waals surface area (Å²) in [4.78, 5) is 4.38. The summed E-state index contributed by atoms with van der Waals surface area (Å²) in [5.41, 5.74) is -0.0526. The Labute approximate surface area is 103 Å². The van der Waals surface area contributed by atoms with Crippen LogP contribution in [0.3, 0.4) is 0 Å². The average molecular weight is 238 g/mol. The van der Waals surface area contributed by atoms with Gasteiger partial charge >= 0.3 is 0 Å². The molecule has 90 valence electrons. The zero-order valence-corrected chi connectivity index (χ0v) is 11.5. The van der Waals surface area contributed by atoms with Gasteiger partial charge in [0.05, 0.1) is 5.54 Å². The fourth-order valence-corrected chi connectivity index (χ4v) is 2.50. The molecule has 0 spiro atoms. The van der Waals surface area contributed by atoms with Gasteiger partial charge in [0.25, 0.3) is 0 Å². The maximum absolute atomic E-state index is 4.38. The molecular weight excluding hydrogens is 216 g/mol. The lowest BCUT2D eigenvalue weighted by molar-refractivity contribution is 0.294. The third kappa shape index (κ3) is 3.42. The van der Waals surface area contributed by atoms with Gasteiger partial charge in [-0.2, -0.15) is 0 Å². The van der Waals surface area contributed by atoms with Crippen molar-refractivity contribution in [1.29, 1.82) is 0 Å². The molecule has 2 unspecified atom stereocenters. The molecule has 3 heteroatoms. The highest BCUT2D eigenvalue weighted by Gasteiger charge is 2.26. The first-order chi connectivity index (χ1) is 7.47. The first kappa shape index (κ1) is 13.4. The molecule has 0 radical (unpaired) electrons. The summed E-state index contributed by atoms with van der Waals surface area (Å²) >= 11 is 1.70. The fraction of sp³-hybridized carbons (Fsp3) is 0.615. The van der Waals surface area contributed by atoms with Crippen LogP contribution in [0.1, 0.15) is 39.1 Å². The second-order valence-electron chi connectivity index (χ2n) is 4.90. The Kier molecular flexibility index (Phi) is 4.69. The van der Waals surface area contributed by atoms with Gasteiger partial charge in [-0.1, -0.05) is 13.0 Å². The lowest BCUT2D eigenvalue weighted by Gasteiger charge is -2.31. The maximum atomic E-state index is 4.38. The van der Waals surface area contributed by atoms with Gasteiger partial charge in [0.1, 0.15) is 5.01 Å². The van der Waals surface area contributed by atoms with Gasteiger partial charge in [-0.05, 0) is 33.1 Å². The van der Waals surface area contributed by atoms with Crippen LogP contribution in [0, 0.1) is 5.92 Å². The minimum atomic E-state index is -0.0526. The molecule has 16 heavy (non-hydrogen) atoms. The smallest absolute Gasteiger partial charge is 0.112 e. The molecule has 1 aromatic heterocycles. The summed E-state index contributed by atoms with van der Waals surface area (Å²) in [6.45, 7) is 12.6. The fourth-order valence-electron chi connectivity index (χ4n) is 1.77. The molecule has 0 saturated heterocycles. The average Bonchev–Trinajstić information content (AvgIpc) is 2.70. The van der Waals surface area contributed by atoms with E-state index in [1.165, 1.54) is 0 Å². The third-order valence-electron chi connectivity index (χ3n) is 2.95. The highest BCUT2D eigenvalue weighted by molar-refractivity contribution is 7.09. The Morgan fingerprint density at radius 2 is 2.25 bits per heavy atom. The summed E-state index contributed by atoms with van der Waals surface area (Å²) in [5, 5.41) is 6.81. The lowest BCUT2D eigenvalue weighted by Crippen LogP contribution is -2.45. The molecule has 0 aromatic carbocycles. The number of allylic oxidation sites excluding steroid dienone is 1. The summed E-state index contributed by atoms with van der Waals surface area (Å²) < 4.78 is 0. The summed E-state index contributed by atoms with van der Waals surface area (Å²) in [6.07, 6.45) is 4.89. The van der Waals surface area contributed by atoms with E-state index in [0.717, 1.165) is 11.4 Å².